The second kappa shape index (κ2) is 6.38. The molecule has 0 atom stereocenters. The summed E-state index contributed by atoms with van der Waals surface area (Å²) in [5, 5.41) is 2.79. The Morgan fingerprint density at radius 1 is 1.30 bits per heavy atom. The van der Waals surface area contributed by atoms with E-state index in [1.807, 2.05) is 24.3 Å². The molecule has 1 aromatic carbocycles. The number of aryl methyl sites for hydroxylation is 2. The summed E-state index contributed by atoms with van der Waals surface area (Å²) >= 11 is 0. The Labute approximate surface area is 117 Å². The summed E-state index contributed by atoms with van der Waals surface area (Å²) in [5.74, 6) is -0.0571. The second-order valence-electron chi connectivity index (χ2n) is 4.72. The quantitative estimate of drug-likeness (QED) is 0.739. The molecule has 2 aromatic rings. The third-order valence-corrected chi connectivity index (χ3v) is 3.32. The number of hydrogen-bond acceptors (Lipinski definition) is 3. The first-order chi connectivity index (χ1) is 9.65. The van der Waals surface area contributed by atoms with E-state index in [9.17, 15) is 9.59 Å². The molecule has 20 heavy (non-hydrogen) atoms. The summed E-state index contributed by atoms with van der Waals surface area (Å²) in [5.41, 5.74) is 7.00. The molecule has 1 aromatic heterocycles. The van der Waals surface area contributed by atoms with Crippen molar-refractivity contribution in [3.63, 3.8) is 0 Å². The van der Waals surface area contributed by atoms with Crippen LogP contribution in [0, 0.1) is 0 Å². The van der Waals surface area contributed by atoms with Crippen molar-refractivity contribution in [3.8, 4) is 0 Å². The molecule has 0 spiro atoms. The zero-order valence-electron chi connectivity index (χ0n) is 11.6. The Morgan fingerprint density at radius 3 is 2.70 bits per heavy atom. The molecule has 0 radical (unpaired) electrons. The normalized spacial score (nSPS) is 10.9. The van der Waals surface area contributed by atoms with Crippen molar-refractivity contribution in [3.05, 3.63) is 34.7 Å². The van der Waals surface area contributed by atoms with Gasteiger partial charge < -0.3 is 11.1 Å². The van der Waals surface area contributed by atoms with Crippen LogP contribution in [0.25, 0.3) is 11.0 Å². The predicted octanol–water partition coefficient (Wildman–Crippen LogP) is 0.195. The van der Waals surface area contributed by atoms with Crippen LogP contribution in [0.2, 0.25) is 0 Å². The highest BCUT2D eigenvalue weighted by molar-refractivity contribution is 5.77. The molecule has 3 N–H and O–H groups in total. The maximum absolute atomic E-state index is 12.1. The third-order valence-electron chi connectivity index (χ3n) is 3.32. The number of carbonyl (C=O) groups is 1. The predicted molar refractivity (Wildman–Crippen MR) is 78.5 cm³/mol. The summed E-state index contributed by atoms with van der Waals surface area (Å²) in [4.78, 5) is 23.8. The van der Waals surface area contributed by atoms with Crippen LogP contribution in [-0.4, -0.2) is 28.1 Å². The van der Waals surface area contributed by atoms with Crippen molar-refractivity contribution in [2.75, 3.05) is 13.1 Å². The van der Waals surface area contributed by atoms with E-state index < -0.39 is 0 Å². The molecular weight excluding hydrogens is 256 g/mol. The lowest BCUT2D eigenvalue weighted by Gasteiger charge is -2.05. The molecule has 0 saturated carbocycles. The van der Waals surface area contributed by atoms with E-state index in [4.69, 9.17) is 5.73 Å². The molecule has 108 valence electrons. The van der Waals surface area contributed by atoms with Crippen LogP contribution in [0.1, 0.15) is 12.8 Å². The fourth-order valence-electron chi connectivity index (χ4n) is 2.21. The molecule has 1 heterocycles. The second-order valence-corrected chi connectivity index (χ2v) is 4.72. The molecule has 0 aliphatic carbocycles. The smallest absolute Gasteiger partial charge is 0.328 e. The van der Waals surface area contributed by atoms with Gasteiger partial charge in [-0.1, -0.05) is 12.1 Å². The van der Waals surface area contributed by atoms with Crippen LogP contribution < -0.4 is 16.7 Å². The maximum atomic E-state index is 12.1. The van der Waals surface area contributed by atoms with E-state index in [0.29, 0.717) is 26.1 Å². The summed E-state index contributed by atoms with van der Waals surface area (Å²) in [6.45, 7) is 1.53. The Hall–Kier alpha value is -2.08. The van der Waals surface area contributed by atoms with Gasteiger partial charge in [-0.05, 0) is 25.1 Å². The number of rotatable bonds is 6. The van der Waals surface area contributed by atoms with E-state index in [0.717, 1.165) is 17.5 Å². The lowest BCUT2D eigenvalue weighted by atomic mass is 10.3. The minimum atomic E-state index is -0.0963. The van der Waals surface area contributed by atoms with Gasteiger partial charge in [-0.25, -0.2) is 4.79 Å². The zero-order valence-corrected chi connectivity index (χ0v) is 11.6. The number of benzene rings is 1. The van der Waals surface area contributed by atoms with Gasteiger partial charge in [0.05, 0.1) is 11.0 Å². The van der Waals surface area contributed by atoms with Crippen molar-refractivity contribution in [2.45, 2.75) is 19.4 Å². The van der Waals surface area contributed by atoms with Crippen LogP contribution in [0.4, 0.5) is 0 Å². The molecule has 0 saturated heterocycles. The number of nitrogens with two attached hydrogens (primary N) is 1. The number of nitrogens with zero attached hydrogens (tertiary/aromatic N) is 2. The van der Waals surface area contributed by atoms with Crippen molar-refractivity contribution >= 4 is 16.9 Å². The molecule has 2 rings (SSSR count). The zero-order chi connectivity index (χ0) is 14.5. The molecule has 6 heteroatoms. The summed E-state index contributed by atoms with van der Waals surface area (Å²) < 4.78 is 3.24. The molecule has 6 nitrogen and oxygen atoms in total. The fraction of sp³-hybridized carbons (Fsp3) is 0.429. The van der Waals surface area contributed by atoms with Crippen molar-refractivity contribution in [1.82, 2.24) is 14.5 Å². The monoisotopic (exact) mass is 276 g/mol. The number of carbonyl (C=O) groups excluding carboxylic acids is 1. The Bertz CT molecular complexity index is 657. The van der Waals surface area contributed by atoms with Crippen LogP contribution in [0.5, 0.6) is 0 Å². The lowest BCUT2D eigenvalue weighted by molar-refractivity contribution is -0.121. The number of para-hydroxylation sites is 2. The van der Waals surface area contributed by atoms with E-state index >= 15 is 0 Å². The van der Waals surface area contributed by atoms with Gasteiger partial charge in [0.1, 0.15) is 0 Å². The van der Waals surface area contributed by atoms with E-state index in [-0.39, 0.29) is 11.6 Å². The number of aromatic nitrogens is 2. The summed E-state index contributed by atoms with van der Waals surface area (Å²) in [7, 11) is 1.74. The average Bonchev–Trinajstić information content (AvgIpc) is 2.70. The van der Waals surface area contributed by atoms with E-state index in [1.54, 1.807) is 16.2 Å². The van der Waals surface area contributed by atoms with Crippen molar-refractivity contribution in [2.24, 2.45) is 12.8 Å². The van der Waals surface area contributed by atoms with Gasteiger partial charge >= 0.3 is 5.69 Å². The van der Waals surface area contributed by atoms with Gasteiger partial charge in [-0.2, -0.15) is 0 Å². The molecule has 0 aliphatic rings. The molecule has 0 aliphatic heterocycles. The highest BCUT2D eigenvalue weighted by Crippen LogP contribution is 2.11. The molecule has 0 unspecified atom stereocenters. The minimum absolute atomic E-state index is 0.0571. The first kappa shape index (κ1) is 14.3. The van der Waals surface area contributed by atoms with E-state index in [1.165, 1.54) is 0 Å². The first-order valence-electron chi connectivity index (χ1n) is 6.76. The lowest BCUT2D eigenvalue weighted by Crippen LogP contribution is -2.29. The Morgan fingerprint density at radius 2 is 2.00 bits per heavy atom. The fourth-order valence-corrected chi connectivity index (χ4v) is 2.21. The van der Waals surface area contributed by atoms with Gasteiger partial charge in [0, 0.05) is 26.6 Å². The molecule has 1 amide bonds. The van der Waals surface area contributed by atoms with Gasteiger partial charge in [0.15, 0.2) is 0 Å². The summed E-state index contributed by atoms with van der Waals surface area (Å²) in [6.07, 6.45) is 1.05. The Balaban J connectivity index is 2.09. The van der Waals surface area contributed by atoms with Crippen molar-refractivity contribution in [1.29, 1.82) is 0 Å². The number of amides is 1. The number of fused-ring (bicyclic) bond motifs is 1. The Kier molecular flexibility index (Phi) is 4.57. The van der Waals surface area contributed by atoms with Crippen LogP contribution in [0.15, 0.2) is 29.1 Å². The minimum Gasteiger partial charge on any atom is -0.356 e. The molecule has 0 fully saturated rings. The topological polar surface area (TPSA) is 82.0 Å². The van der Waals surface area contributed by atoms with Crippen LogP contribution in [-0.2, 0) is 18.4 Å². The number of hydrogen-bond donors (Lipinski definition) is 2. The van der Waals surface area contributed by atoms with Crippen LogP contribution >= 0.6 is 0 Å². The molecular formula is C14H20N4O2. The maximum Gasteiger partial charge on any atom is 0.328 e. The summed E-state index contributed by atoms with van der Waals surface area (Å²) in [6, 6.07) is 7.57. The number of nitrogens with one attached hydrogen (secondary N) is 1. The first-order valence-corrected chi connectivity index (χ1v) is 6.76. The standard InChI is InChI=1S/C14H20N4O2/c1-17-11-5-2-3-6-12(11)18(14(17)20)10-7-13(19)16-9-4-8-15/h2-3,5-6H,4,7-10,15H2,1H3,(H,16,19). The highest BCUT2D eigenvalue weighted by Gasteiger charge is 2.10. The van der Waals surface area contributed by atoms with Crippen molar-refractivity contribution < 1.29 is 4.79 Å². The SMILES string of the molecule is Cn1c(=O)n(CCC(=O)NCCCN)c2ccccc21. The highest BCUT2D eigenvalue weighted by atomic mass is 16.2. The van der Waals surface area contributed by atoms with Gasteiger partial charge in [0.2, 0.25) is 5.91 Å². The van der Waals surface area contributed by atoms with Gasteiger partial charge in [0.25, 0.3) is 0 Å². The van der Waals surface area contributed by atoms with Gasteiger partial charge in [-0.15, -0.1) is 0 Å². The van der Waals surface area contributed by atoms with E-state index in [2.05, 4.69) is 5.32 Å². The van der Waals surface area contributed by atoms with Gasteiger partial charge in [-0.3, -0.25) is 13.9 Å². The third kappa shape index (κ3) is 2.91. The molecule has 0 bridgehead atoms. The largest absolute Gasteiger partial charge is 0.356 e. The van der Waals surface area contributed by atoms with Crippen LogP contribution in [0.3, 0.4) is 0 Å². The average molecular weight is 276 g/mol. The number of imidazole rings is 1.